The van der Waals surface area contributed by atoms with Gasteiger partial charge in [-0.2, -0.15) is 4.31 Å². The molecular weight excluding hydrogens is 346 g/mol. The van der Waals surface area contributed by atoms with Crippen LogP contribution in [-0.4, -0.2) is 56.7 Å². The molecule has 1 aromatic rings. The Morgan fingerprint density at radius 3 is 2.70 bits per heavy atom. The highest BCUT2D eigenvalue weighted by Crippen LogP contribution is 2.38. The zero-order chi connectivity index (χ0) is 17.3. The van der Waals surface area contributed by atoms with Crippen LogP contribution in [-0.2, 0) is 19.6 Å². The number of sulfonamides is 1. The van der Waals surface area contributed by atoms with Crippen molar-refractivity contribution < 1.29 is 27.8 Å². The van der Waals surface area contributed by atoms with Gasteiger partial charge in [0.1, 0.15) is 10.6 Å². The molecule has 23 heavy (non-hydrogen) atoms. The van der Waals surface area contributed by atoms with Crippen molar-refractivity contribution >= 4 is 27.6 Å². The maximum atomic E-state index is 13.0. The Kier molecular flexibility index (Phi) is 5.20. The van der Waals surface area contributed by atoms with E-state index in [4.69, 9.17) is 21.1 Å². The third-order valence-corrected chi connectivity index (χ3v) is 6.14. The Hall–Kier alpha value is -1.35. The Labute approximate surface area is 139 Å². The van der Waals surface area contributed by atoms with Gasteiger partial charge in [-0.3, -0.25) is 4.79 Å². The summed E-state index contributed by atoms with van der Waals surface area (Å²) in [7, 11) is -1.41. The first-order valence-electron chi connectivity index (χ1n) is 6.88. The van der Waals surface area contributed by atoms with Gasteiger partial charge in [-0.05, 0) is 25.0 Å². The first kappa shape index (κ1) is 18.0. The minimum Gasteiger partial charge on any atom is -0.495 e. The Morgan fingerprint density at radius 2 is 2.13 bits per heavy atom. The molecule has 0 radical (unpaired) electrons. The van der Waals surface area contributed by atoms with Crippen molar-refractivity contribution in [2.75, 3.05) is 27.4 Å². The molecule has 1 fully saturated rings. The van der Waals surface area contributed by atoms with E-state index in [2.05, 4.69) is 0 Å². The number of halogens is 1. The lowest BCUT2D eigenvalue weighted by molar-refractivity contribution is -0.150. The molecule has 1 aliphatic heterocycles. The second kappa shape index (κ2) is 6.64. The number of carboxylic acid groups (broad SMARTS) is 1. The quantitative estimate of drug-likeness (QED) is 0.825. The zero-order valence-electron chi connectivity index (χ0n) is 12.8. The van der Waals surface area contributed by atoms with Crippen LogP contribution in [0.1, 0.15) is 12.8 Å². The van der Waals surface area contributed by atoms with Gasteiger partial charge in [0.25, 0.3) is 0 Å². The van der Waals surface area contributed by atoms with Crippen molar-refractivity contribution in [1.29, 1.82) is 0 Å². The van der Waals surface area contributed by atoms with E-state index in [0.717, 1.165) is 4.31 Å². The fourth-order valence-corrected chi connectivity index (χ4v) is 4.92. The van der Waals surface area contributed by atoms with Crippen molar-refractivity contribution in [3.05, 3.63) is 23.2 Å². The third-order valence-electron chi connectivity index (χ3n) is 3.90. The van der Waals surface area contributed by atoms with Crippen molar-refractivity contribution in [3.63, 3.8) is 0 Å². The minimum absolute atomic E-state index is 0.0705. The summed E-state index contributed by atoms with van der Waals surface area (Å²) in [4.78, 5) is 11.7. The average molecular weight is 364 g/mol. The molecule has 2 rings (SSSR count). The summed E-state index contributed by atoms with van der Waals surface area (Å²) >= 11 is 5.86. The number of benzene rings is 1. The van der Waals surface area contributed by atoms with Crippen LogP contribution >= 0.6 is 11.6 Å². The standard InChI is InChI=1S/C14H18ClNO6S/c1-21-9-14(13(17)18)6-3-7-16(14)23(19,20)12-5-4-10(15)8-11(12)22-2/h4-5,8H,3,6-7,9H2,1-2H3,(H,17,18). The van der Waals surface area contributed by atoms with E-state index >= 15 is 0 Å². The van der Waals surface area contributed by atoms with Gasteiger partial charge in [0, 0.05) is 24.7 Å². The number of rotatable bonds is 6. The number of nitrogens with zero attached hydrogens (tertiary/aromatic N) is 1. The minimum atomic E-state index is -4.08. The molecular formula is C14H18ClNO6S. The summed E-state index contributed by atoms with van der Waals surface area (Å²) in [6, 6.07) is 4.11. The van der Waals surface area contributed by atoms with E-state index in [0.29, 0.717) is 11.4 Å². The summed E-state index contributed by atoms with van der Waals surface area (Å²) in [5.74, 6) is -1.16. The summed E-state index contributed by atoms with van der Waals surface area (Å²) in [5.41, 5.74) is -1.61. The first-order valence-corrected chi connectivity index (χ1v) is 8.70. The van der Waals surface area contributed by atoms with Gasteiger partial charge >= 0.3 is 5.97 Å². The van der Waals surface area contributed by atoms with Gasteiger partial charge in [-0.25, -0.2) is 8.42 Å². The topological polar surface area (TPSA) is 93.1 Å². The van der Waals surface area contributed by atoms with E-state index in [1.165, 1.54) is 32.4 Å². The molecule has 7 nitrogen and oxygen atoms in total. The number of hydrogen-bond donors (Lipinski definition) is 1. The van der Waals surface area contributed by atoms with Crippen molar-refractivity contribution in [3.8, 4) is 5.75 Å². The average Bonchev–Trinajstić information content (AvgIpc) is 2.93. The lowest BCUT2D eigenvalue weighted by Crippen LogP contribution is -2.55. The normalized spacial score (nSPS) is 22.2. The van der Waals surface area contributed by atoms with E-state index in [9.17, 15) is 18.3 Å². The van der Waals surface area contributed by atoms with Crippen molar-refractivity contribution in [2.45, 2.75) is 23.3 Å². The lowest BCUT2D eigenvalue weighted by Gasteiger charge is -2.33. The van der Waals surface area contributed by atoms with Crippen molar-refractivity contribution in [2.24, 2.45) is 0 Å². The van der Waals surface area contributed by atoms with Crippen LogP contribution in [0, 0.1) is 0 Å². The predicted molar refractivity (Wildman–Crippen MR) is 83.4 cm³/mol. The molecule has 0 bridgehead atoms. The van der Waals surface area contributed by atoms with Crippen LogP contribution < -0.4 is 4.74 Å². The molecule has 1 aromatic carbocycles. The molecule has 128 valence electrons. The summed E-state index contributed by atoms with van der Waals surface area (Å²) < 4.78 is 37.1. The van der Waals surface area contributed by atoms with Gasteiger partial charge < -0.3 is 14.6 Å². The number of hydrogen-bond acceptors (Lipinski definition) is 5. The second-order valence-corrected chi connectivity index (χ2v) is 7.51. The molecule has 0 aromatic heterocycles. The predicted octanol–water partition coefficient (Wildman–Crippen LogP) is 1.60. The van der Waals surface area contributed by atoms with Gasteiger partial charge in [-0.15, -0.1) is 0 Å². The molecule has 1 N–H and O–H groups in total. The highest BCUT2D eigenvalue weighted by atomic mass is 35.5. The number of carboxylic acids is 1. The second-order valence-electron chi connectivity index (χ2n) is 5.25. The highest BCUT2D eigenvalue weighted by molar-refractivity contribution is 7.89. The van der Waals surface area contributed by atoms with Gasteiger partial charge in [0.2, 0.25) is 10.0 Å². The molecule has 1 unspecified atom stereocenters. The molecule has 1 heterocycles. The van der Waals surface area contributed by atoms with Crippen LogP contribution in [0.5, 0.6) is 5.75 Å². The largest absolute Gasteiger partial charge is 0.495 e. The maximum Gasteiger partial charge on any atom is 0.327 e. The number of methoxy groups -OCH3 is 2. The molecule has 0 saturated carbocycles. The highest BCUT2D eigenvalue weighted by Gasteiger charge is 2.54. The number of carbonyl (C=O) groups is 1. The molecule has 1 atom stereocenters. The van der Waals surface area contributed by atoms with Gasteiger partial charge in [0.15, 0.2) is 5.54 Å². The third kappa shape index (κ3) is 3.03. The van der Waals surface area contributed by atoms with Crippen molar-refractivity contribution in [1.82, 2.24) is 4.31 Å². The molecule has 1 saturated heterocycles. The van der Waals surface area contributed by atoms with Crippen LogP contribution in [0.3, 0.4) is 0 Å². The summed E-state index contributed by atoms with van der Waals surface area (Å²) in [6.45, 7) is -0.124. The lowest BCUT2D eigenvalue weighted by atomic mass is 9.99. The van der Waals surface area contributed by atoms with Crippen LogP contribution in [0.25, 0.3) is 0 Å². The van der Waals surface area contributed by atoms with Gasteiger partial charge in [-0.1, -0.05) is 11.6 Å². The summed E-state index contributed by atoms with van der Waals surface area (Å²) in [6.07, 6.45) is 0.621. The molecule has 0 spiro atoms. The maximum absolute atomic E-state index is 13.0. The van der Waals surface area contributed by atoms with Crippen LogP contribution in [0.2, 0.25) is 5.02 Å². The number of aliphatic carboxylic acids is 1. The Balaban J connectivity index is 2.56. The molecule has 1 aliphatic rings. The van der Waals surface area contributed by atoms with E-state index in [1.807, 2.05) is 0 Å². The first-order chi connectivity index (χ1) is 10.8. The molecule has 0 aliphatic carbocycles. The smallest absolute Gasteiger partial charge is 0.327 e. The Bertz CT molecular complexity index is 707. The monoisotopic (exact) mass is 363 g/mol. The fourth-order valence-electron chi connectivity index (χ4n) is 2.84. The number of ether oxygens (including phenoxy) is 2. The fraction of sp³-hybridized carbons (Fsp3) is 0.500. The SMILES string of the molecule is COCC1(C(=O)O)CCCN1S(=O)(=O)c1ccc(Cl)cc1OC. The summed E-state index contributed by atoms with van der Waals surface area (Å²) in [5, 5.41) is 9.93. The van der Waals surface area contributed by atoms with E-state index in [-0.39, 0.29) is 30.2 Å². The van der Waals surface area contributed by atoms with Crippen LogP contribution in [0.15, 0.2) is 23.1 Å². The van der Waals surface area contributed by atoms with Gasteiger partial charge in [0.05, 0.1) is 13.7 Å². The van der Waals surface area contributed by atoms with E-state index in [1.54, 1.807) is 0 Å². The molecule has 0 amide bonds. The Morgan fingerprint density at radius 1 is 1.43 bits per heavy atom. The zero-order valence-corrected chi connectivity index (χ0v) is 14.4. The van der Waals surface area contributed by atoms with Crippen LogP contribution in [0.4, 0.5) is 0 Å². The molecule has 9 heteroatoms. The van der Waals surface area contributed by atoms with E-state index < -0.39 is 21.5 Å².